The minimum atomic E-state index is 0.509. The van der Waals surface area contributed by atoms with Gasteiger partial charge in [0.1, 0.15) is 11.8 Å². The predicted octanol–water partition coefficient (Wildman–Crippen LogP) is 1.47. The van der Waals surface area contributed by atoms with Crippen molar-refractivity contribution in [2.45, 2.75) is 6.54 Å². The van der Waals surface area contributed by atoms with Crippen LogP contribution in [0.4, 0.5) is 0 Å². The Morgan fingerprint density at radius 1 is 1.27 bits per heavy atom. The van der Waals surface area contributed by atoms with Crippen molar-refractivity contribution >= 4 is 13.5 Å². The maximum absolute atomic E-state index is 8.92. The standard InChI is InChI=1S/C11H7BN3/c13-6-11-5-9-3-1-2-4-10(9)7-15(11)12-8-14/h1-5H,7H2. The van der Waals surface area contributed by atoms with E-state index in [4.69, 9.17) is 10.5 Å². The Labute approximate surface area is 89.1 Å². The third-order valence-electron chi connectivity index (χ3n) is 2.33. The summed E-state index contributed by atoms with van der Waals surface area (Å²) in [5.41, 5.74) is 2.69. The maximum Gasteiger partial charge on any atom is 0.387 e. The first kappa shape index (κ1) is 9.36. The molecule has 4 heteroatoms. The molecule has 0 aliphatic carbocycles. The van der Waals surface area contributed by atoms with Crippen molar-refractivity contribution in [1.29, 1.82) is 10.5 Å². The number of allylic oxidation sites excluding steroid dienone is 1. The third-order valence-corrected chi connectivity index (χ3v) is 2.33. The highest BCUT2D eigenvalue weighted by Crippen LogP contribution is 2.22. The van der Waals surface area contributed by atoms with E-state index in [9.17, 15) is 0 Å². The third kappa shape index (κ3) is 1.70. The van der Waals surface area contributed by atoms with E-state index in [2.05, 4.69) is 6.07 Å². The highest BCUT2D eigenvalue weighted by molar-refractivity contribution is 6.42. The van der Waals surface area contributed by atoms with Gasteiger partial charge in [-0.2, -0.15) is 5.26 Å². The van der Waals surface area contributed by atoms with E-state index in [1.165, 1.54) is 7.41 Å². The van der Waals surface area contributed by atoms with E-state index in [0.717, 1.165) is 11.1 Å². The van der Waals surface area contributed by atoms with Gasteiger partial charge in [-0.15, -0.1) is 0 Å². The van der Waals surface area contributed by atoms with Crippen LogP contribution < -0.4 is 0 Å². The van der Waals surface area contributed by atoms with Gasteiger partial charge in [-0.3, -0.25) is 0 Å². The number of rotatable bonds is 1. The molecule has 1 aliphatic heterocycles. The minimum Gasteiger partial charge on any atom is -0.393 e. The van der Waals surface area contributed by atoms with Crippen molar-refractivity contribution in [1.82, 2.24) is 4.81 Å². The number of hydrogen-bond acceptors (Lipinski definition) is 3. The smallest absolute Gasteiger partial charge is 0.387 e. The summed E-state index contributed by atoms with van der Waals surface area (Å²) in [5, 5.41) is 17.5. The van der Waals surface area contributed by atoms with Gasteiger partial charge in [-0.25, -0.2) is 5.26 Å². The van der Waals surface area contributed by atoms with Crippen LogP contribution in [0.5, 0.6) is 0 Å². The Kier molecular flexibility index (Phi) is 2.43. The summed E-state index contributed by atoms with van der Waals surface area (Å²) < 4.78 is 0. The first-order valence-electron chi connectivity index (χ1n) is 4.54. The van der Waals surface area contributed by atoms with Crippen LogP contribution in [-0.4, -0.2) is 12.2 Å². The first-order chi connectivity index (χ1) is 7.35. The van der Waals surface area contributed by atoms with Crippen molar-refractivity contribution in [3.05, 3.63) is 41.1 Å². The molecule has 0 N–H and O–H groups in total. The highest BCUT2D eigenvalue weighted by Gasteiger charge is 2.17. The number of nitrogens with zero attached hydrogens (tertiary/aromatic N) is 3. The van der Waals surface area contributed by atoms with Crippen LogP contribution in [0.3, 0.4) is 0 Å². The molecule has 1 radical (unpaired) electrons. The summed E-state index contributed by atoms with van der Waals surface area (Å²) in [6.45, 7) is 0.586. The molecule has 0 saturated carbocycles. The average molecular weight is 192 g/mol. The molecular weight excluding hydrogens is 185 g/mol. The first-order valence-corrected chi connectivity index (χ1v) is 4.54. The van der Waals surface area contributed by atoms with Gasteiger partial charge in [0.2, 0.25) is 0 Å². The monoisotopic (exact) mass is 192 g/mol. The zero-order valence-corrected chi connectivity index (χ0v) is 8.01. The van der Waals surface area contributed by atoms with Gasteiger partial charge in [0.15, 0.2) is 0 Å². The lowest BCUT2D eigenvalue weighted by molar-refractivity contribution is 0.557. The molecule has 0 saturated heterocycles. The minimum absolute atomic E-state index is 0.509. The molecule has 69 valence electrons. The van der Waals surface area contributed by atoms with Crippen molar-refractivity contribution in [3.8, 4) is 12.0 Å². The van der Waals surface area contributed by atoms with E-state index in [-0.39, 0.29) is 0 Å². The Morgan fingerprint density at radius 2 is 2.07 bits per heavy atom. The summed E-state index contributed by atoms with van der Waals surface area (Å²) in [7, 11) is 1.37. The summed E-state index contributed by atoms with van der Waals surface area (Å²) in [6, 6.07) is 9.94. The van der Waals surface area contributed by atoms with Crippen molar-refractivity contribution < 1.29 is 0 Å². The lowest BCUT2D eigenvalue weighted by Crippen LogP contribution is -2.28. The molecular formula is C11H7BN3. The molecule has 1 aromatic carbocycles. The quantitative estimate of drug-likeness (QED) is 0.633. The molecule has 0 fully saturated rings. The maximum atomic E-state index is 8.92. The summed E-state index contributed by atoms with van der Waals surface area (Å²) in [6.07, 6.45) is 1.80. The summed E-state index contributed by atoms with van der Waals surface area (Å²) in [5.74, 6) is 1.94. The van der Waals surface area contributed by atoms with Gasteiger partial charge >= 0.3 is 7.41 Å². The molecule has 0 spiro atoms. The van der Waals surface area contributed by atoms with Gasteiger partial charge in [-0.1, -0.05) is 24.3 Å². The van der Waals surface area contributed by atoms with E-state index >= 15 is 0 Å². The zero-order chi connectivity index (χ0) is 10.7. The second-order valence-corrected chi connectivity index (χ2v) is 3.23. The SMILES string of the molecule is N#C[B]N1Cc2ccccc2C=C1C#N. The van der Waals surface area contributed by atoms with Crippen LogP contribution in [0.25, 0.3) is 6.08 Å². The second-order valence-electron chi connectivity index (χ2n) is 3.23. The Bertz CT molecular complexity index is 493. The van der Waals surface area contributed by atoms with Gasteiger partial charge in [0, 0.05) is 12.5 Å². The fourth-order valence-electron chi connectivity index (χ4n) is 1.60. The molecule has 1 heterocycles. The van der Waals surface area contributed by atoms with Crippen LogP contribution in [0.2, 0.25) is 0 Å². The summed E-state index contributed by atoms with van der Waals surface area (Å²) in [4.78, 5) is 1.66. The molecule has 0 bridgehead atoms. The van der Waals surface area contributed by atoms with Crippen LogP contribution in [0.1, 0.15) is 11.1 Å². The van der Waals surface area contributed by atoms with Crippen molar-refractivity contribution in [3.63, 3.8) is 0 Å². The molecule has 1 aromatic rings. The van der Waals surface area contributed by atoms with Crippen LogP contribution in [0.15, 0.2) is 30.0 Å². The summed E-state index contributed by atoms with van der Waals surface area (Å²) >= 11 is 0. The van der Waals surface area contributed by atoms with E-state index < -0.39 is 0 Å². The fraction of sp³-hybridized carbons (Fsp3) is 0.0909. The van der Waals surface area contributed by atoms with Gasteiger partial charge < -0.3 is 4.81 Å². The predicted molar refractivity (Wildman–Crippen MR) is 56.9 cm³/mol. The number of fused-ring (bicyclic) bond motifs is 1. The number of benzene rings is 1. The van der Waals surface area contributed by atoms with E-state index in [1.54, 1.807) is 10.9 Å². The number of hydrogen-bond donors (Lipinski definition) is 0. The molecule has 2 rings (SSSR count). The Hall–Kier alpha value is -2.20. The molecule has 1 aliphatic rings. The molecule has 0 amide bonds. The van der Waals surface area contributed by atoms with Crippen molar-refractivity contribution in [2.24, 2.45) is 0 Å². The topological polar surface area (TPSA) is 50.8 Å². The molecule has 3 nitrogen and oxygen atoms in total. The van der Waals surface area contributed by atoms with Crippen LogP contribution in [0, 0.1) is 22.6 Å². The van der Waals surface area contributed by atoms with E-state index in [0.29, 0.717) is 12.2 Å². The van der Waals surface area contributed by atoms with Gasteiger partial charge in [0.05, 0.1) is 0 Å². The largest absolute Gasteiger partial charge is 0.393 e. The zero-order valence-electron chi connectivity index (χ0n) is 8.01. The van der Waals surface area contributed by atoms with Crippen LogP contribution >= 0.6 is 0 Å². The van der Waals surface area contributed by atoms with Gasteiger partial charge in [-0.05, 0) is 17.2 Å². The lowest BCUT2D eigenvalue weighted by atomic mass is 9.89. The molecule has 15 heavy (non-hydrogen) atoms. The Balaban J connectivity index is 2.41. The average Bonchev–Trinajstić information content (AvgIpc) is 2.28. The fourth-order valence-corrected chi connectivity index (χ4v) is 1.60. The van der Waals surface area contributed by atoms with Gasteiger partial charge in [0.25, 0.3) is 0 Å². The normalized spacial score (nSPS) is 13.2. The molecule has 0 aromatic heterocycles. The Morgan fingerprint density at radius 3 is 2.80 bits per heavy atom. The van der Waals surface area contributed by atoms with Crippen LogP contribution in [-0.2, 0) is 6.54 Å². The van der Waals surface area contributed by atoms with Crippen molar-refractivity contribution in [2.75, 3.05) is 0 Å². The number of nitriles is 2. The van der Waals surface area contributed by atoms with E-state index in [1.807, 2.05) is 30.2 Å². The molecule has 0 atom stereocenters. The lowest BCUT2D eigenvalue weighted by Gasteiger charge is -2.25. The second kappa shape index (κ2) is 3.90. The molecule has 0 unspecified atom stereocenters. The highest BCUT2D eigenvalue weighted by atomic mass is 15.1.